The monoisotopic (exact) mass is 726 g/mol. The molecule has 4 rings (SSSR count). The summed E-state index contributed by atoms with van der Waals surface area (Å²) in [5, 5.41) is 11.2. The molecule has 4 fully saturated rings. The highest BCUT2D eigenvalue weighted by Crippen LogP contribution is 2.65. The Labute approximate surface area is 309 Å². The molecule has 2 saturated heterocycles. The molecule has 13 nitrogen and oxygen atoms in total. The van der Waals surface area contributed by atoms with Gasteiger partial charge >= 0.3 is 6.03 Å². The van der Waals surface area contributed by atoms with Crippen LogP contribution in [0.4, 0.5) is 4.79 Å². The molecule has 4 aliphatic rings. The predicted molar refractivity (Wildman–Crippen MR) is 196 cm³/mol. The van der Waals surface area contributed by atoms with Crippen LogP contribution in [-0.4, -0.2) is 95.0 Å². The molecule has 2 saturated carbocycles. The number of fused-ring (bicyclic) bond motifs is 1. The Hall–Kier alpha value is -3.77. The number of hydrogen-bond donors (Lipinski definition) is 4. The minimum atomic E-state index is -1.04. The van der Waals surface area contributed by atoms with Gasteiger partial charge in [0.05, 0.1) is 12.1 Å². The van der Waals surface area contributed by atoms with Gasteiger partial charge in [0.2, 0.25) is 29.4 Å². The molecule has 2 aliphatic heterocycles. The van der Waals surface area contributed by atoms with E-state index < -0.39 is 69.9 Å². The third kappa shape index (κ3) is 9.05. The molecule has 1 unspecified atom stereocenters. The molecule has 0 aromatic rings. The third-order valence-electron chi connectivity index (χ3n) is 11.8. The van der Waals surface area contributed by atoms with E-state index in [2.05, 4.69) is 41.7 Å². The van der Waals surface area contributed by atoms with Gasteiger partial charge in [0, 0.05) is 32.5 Å². The number of urea groups is 1. The fourth-order valence-electron chi connectivity index (χ4n) is 8.05. The van der Waals surface area contributed by atoms with E-state index in [1.807, 2.05) is 55.4 Å². The average Bonchev–Trinajstić information content (AvgIpc) is 3.29. The summed E-state index contributed by atoms with van der Waals surface area (Å²) in [5.74, 6) is -2.87. The second-order valence-electron chi connectivity index (χ2n) is 19.1. The van der Waals surface area contributed by atoms with Crippen LogP contribution in [0, 0.1) is 39.4 Å². The number of carbonyl (C=O) groups excluding carboxylic acids is 7. The Morgan fingerprint density at radius 1 is 0.904 bits per heavy atom. The summed E-state index contributed by atoms with van der Waals surface area (Å²) in [6.07, 6.45) is 5.14. The minimum Gasteiger partial charge on any atom is -0.346 e. The van der Waals surface area contributed by atoms with Crippen LogP contribution in [0.5, 0.6) is 0 Å². The first-order valence-corrected chi connectivity index (χ1v) is 18.8. The van der Waals surface area contributed by atoms with E-state index in [1.54, 1.807) is 0 Å². The van der Waals surface area contributed by atoms with Crippen molar-refractivity contribution < 1.29 is 33.6 Å². The van der Waals surface area contributed by atoms with Gasteiger partial charge in [-0.1, -0.05) is 94.6 Å². The van der Waals surface area contributed by atoms with Crippen molar-refractivity contribution in [3.63, 3.8) is 0 Å². The summed E-state index contributed by atoms with van der Waals surface area (Å²) in [6, 6.07) is -4.21. The molecule has 0 aromatic carbocycles. The standard InChI is InChI=1S/C39H62N6O7/c1-12-16-40-33(50)30(48)24(17-22-14-13-15-22)41-32(49)29-28-23(39(28,10)11)20-45(29)34(51)31(37(5,6)7)43-35(52)42-25(36(2,3)4)21-44-26(46)18-38(8,9)19-27(44)47/h12,22-25,28-29,31H,1,13-21H2,2-11H3,(H,40,50)(H,41,49)(H2,42,43,52)/t23-,24?,25+,28-,29-,31+/m0/s1. The zero-order valence-corrected chi connectivity index (χ0v) is 32.9. The summed E-state index contributed by atoms with van der Waals surface area (Å²) in [6.45, 7) is 23.1. The molecule has 2 aliphatic carbocycles. The highest BCUT2D eigenvalue weighted by atomic mass is 16.2. The fourth-order valence-corrected chi connectivity index (χ4v) is 8.05. The maximum Gasteiger partial charge on any atom is 0.315 e. The van der Waals surface area contributed by atoms with E-state index in [0.717, 1.165) is 19.3 Å². The van der Waals surface area contributed by atoms with E-state index in [-0.39, 0.29) is 60.9 Å². The van der Waals surface area contributed by atoms with E-state index in [4.69, 9.17) is 0 Å². The first kappa shape index (κ1) is 41.0. The normalized spacial score (nSPS) is 25.5. The van der Waals surface area contributed by atoms with Crippen LogP contribution in [0.3, 0.4) is 0 Å². The van der Waals surface area contributed by atoms with E-state index in [9.17, 15) is 33.6 Å². The molecular formula is C39H62N6O7. The lowest BCUT2D eigenvalue weighted by molar-refractivity contribution is -0.153. The number of ketones is 1. The lowest BCUT2D eigenvalue weighted by Gasteiger charge is -2.41. The zero-order chi connectivity index (χ0) is 39.1. The van der Waals surface area contributed by atoms with Crippen LogP contribution < -0.4 is 21.3 Å². The van der Waals surface area contributed by atoms with Gasteiger partial charge in [0.1, 0.15) is 12.1 Å². The Morgan fingerprint density at radius 2 is 1.50 bits per heavy atom. The number of piperidine rings is 2. The summed E-state index contributed by atoms with van der Waals surface area (Å²) in [7, 11) is 0. The fraction of sp³-hybridized carbons (Fsp3) is 0.769. The van der Waals surface area contributed by atoms with Crippen molar-refractivity contribution in [2.45, 2.75) is 132 Å². The van der Waals surface area contributed by atoms with Crippen LogP contribution in [0.25, 0.3) is 0 Å². The molecule has 2 heterocycles. The first-order valence-electron chi connectivity index (χ1n) is 18.8. The van der Waals surface area contributed by atoms with Crippen molar-refractivity contribution in [1.29, 1.82) is 0 Å². The van der Waals surface area contributed by atoms with Gasteiger partial charge < -0.3 is 26.2 Å². The molecule has 6 atom stereocenters. The van der Waals surface area contributed by atoms with Crippen molar-refractivity contribution in [1.82, 2.24) is 31.1 Å². The summed E-state index contributed by atoms with van der Waals surface area (Å²) in [5.41, 5.74) is -1.97. The zero-order valence-electron chi connectivity index (χ0n) is 32.9. The van der Waals surface area contributed by atoms with Crippen LogP contribution in [0.1, 0.15) is 108 Å². The number of rotatable bonds is 13. The van der Waals surface area contributed by atoms with Crippen molar-refractivity contribution in [2.75, 3.05) is 19.6 Å². The van der Waals surface area contributed by atoms with Gasteiger partial charge in [-0.05, 0) is 45.8 Å². The molecule has 0 aromatic heterocycles. The number of amides is 7. The second-order valence-corrected chi connectivity index (χ2v) is 19.1. The summed E-state index contributed by atoms with van der Waals surface area (Å²) in [4.78, 5) is 97.1. The Kier molecular flexibility index (Phi) is 11.8. The summed E-state index contributed by atoms with van der Waals surface area (Å²) >= 11 is 0. The highest BCUT2D eigenvalue weighted by Gasteiger charge is 2.70. The Balaban J connectivity index is 1.53. The second kappa shape index (κ2) is 14.9. The number of Topliss-reactive ketones (excluding diaryl/α,β-unsaturated/α-hetero) is 1. The van der Waals surface area contributed by atoms with Crippen molar-refractivity contribution in [2.24, 2.45) is 39.4 Å². The van der Waals surface area contributed by atoms with Crippen molar-refractivity contribution in [3.8, 4) is 0 Å². The molecule has 7 amide bonds. The largest absolute Gasteiger partial charge is 0.346 e. The number of likely N-dealkylation sites (tertiary alicyclic amines) is 2. The van der Waals surface area contributed by atoms with Gasteiger partial charge in [0.15, 0.2) is 0 Å². The molecule has 0 bridgehead atoms. The number of nitrogens with zero attached hydrogens (tertiary/aromatic N) is 2. The topological polar surface area (TPSA) is 174 Å². The van der Waals surface area contributed by atoms with Crippen LogP contribution in [-0.2, 0) is 28.8 Å². The highest BCUT2D eigenvalue weighted by molar-refractivity contribution is 6.38. The smallest absolute Gasteiger partial charge is 0.315 e. The number of hydrogen-bond acceptors (Lipinski definition) is 7. The lowest BCUT2D eigenvalue weighted by atomic mass is 9.80. The van der Waals surface area contributed by atoms with Crippen LogP contribution >= 0.6 is 0 Å². The minimum absolute atomic E-state index is 0.00202. The molecule has 290 valence electrons. The van der Waals surface area contributed by atoms with E-state index in [0.29, 0.717) is 13.0 Å². The number of nitrogens with one attached hydrogen (secondary N) is 4. The molecule has 0 radical (unpaired) electrons. The Morgan fingerprint density at radius 3 is 2.00 bits per heavy atom. The number of carbonyl (C=O) groups is 7. The predicted octanol–water partition coefficient (Wildman–Crippen LogP) is 3.32. The maximum atomic E-state index is 14.5. The van der Waals surface area contributed by atoms with Crippen molar-refractivity contribution >= 4 is 41.4 Å². The third-order valence-corrected chi connectivity index (χ3v) is 11.8. The van der Waals surface area contributed by atoms with Gasteiger partial charge in [-0.25, -0.2) is 4.79 Å². The lowest BCUT2D eigenvalue weighted by Crippen LogP contribution is -2.63. The Bertz CT molecular complexity index is 1450. The summed E-state index contributed by atoms with van der Waals surface area (Å²) < 4.78 is 0. The van der Waals surface area contributed by atoms with Crippen LogP contribution in [0.2, 0.25) is 0 Å². The van der Waals surface area contributed by atoms with Gasteiger partial charge in [0.25, 0.3) is 5.91 Å². The molecular weight excluding hydrogens is 664 g/mol. The molecule has 52 heavy (non-hydrogen) atoms. The molecule has 0 spiro atoms. The van der Waals surface area contributed by atoms with E-state index >= 15 is 0 Å². The maximum absolute atomic E-state index is 14.5. The van der Waals surface area contributed by atoms with Gasteiger partial charge in [-0.15, -0.1) is 6.58 Å². The van der Waals surface area contributed by atoms with Gasteiger partial charge in [-0.2, -0.15) is 0 Å². The van der Waals surface area contributed by atoms with Gasteiger partial charge in [-0.3, -0.25) is 33.7 Å². The van der Waals surface area contributed by atoms with E-state index in [1.165, 1.54) is 15.9 Å². The molecule has 13 heteroatoms. The SMILES string of the molecule is C=CCNC(=O)C(=O)C(CC1CCC1)NC(=O)[C@@H]1[C@@H]2[C@H](CN1C(=O)[C@@H](NC(=O)N[C@H](CN1C(=O)CC(C)(C)CC1=O)C(C)(C)C)C(C)(C)C)C2(C)C. The van der Waals surface area contributed by atoms with Crippen LogP contribution in [0.15, 0.2) is 12.7 Å². The molecule has 4 N–H and O–H groups in total. The van der Waals surface area contributed by atoms with Crippen molar-refractivity contribution in [3.05, 3.63) is 12.7 Å². The average molecular weight is 727 g/mol. The quantitative estimate of drug-likeness (QED) is 0.128. The first-order chi connectivity index (χ1) is 23.9. The number of imide groups is 1.